The number of hydrogen-bond acceptors (Lipinski definition) is 6. The van der Waals surface area contributed by atoms with Gasteiger partial charge in [0.1, 0.15) is 4.70 Å². The molecule has 1 aliphatic carbocycles. The maximum absolute atomic E-state index is 13.2. The van der Waals surface area contributed by atoms with Gasteiger partial charge in [0.2, 0.25) is 5.91 Å². The summed E-state index contributed by atoms with van der Waals surface area (Å²) in [5.74, 6) is -0.205. The molecule has 9 heteroatoms. The van der Waals surface area contributed by atoms with Crippen molar-refractivity contribution in [3.8, 4) is 5.69 Å². The van der Waals surface area contributed by atoms with E-state index in [4.69, 9.17) is 0 Å². The minimum atomic E-state index is -0.246. The number of rotatable bonds is 8. The summed E-state index contributed by atoms with van der Waals surface area (Å²) in [6.07, 6.45) is 2.59. The molecule has 2 N–H and O–H groups in total. The van der Waals surface area contributed by atoms with E-state index < -0.39 is 0 Å². The molecule has 1 saturated carbocycles. The number of aliphatic hydroxyl groups is 1. The summed E-state index contributed by atoms with van der Waals surface area (Å²) in [5.41, 5.74) is 1.61. The standard InChI is InChI=1S/C20H23N5O3S/c1-2-10-24(11-12-26)19(28)15-16-17(25(23-15)14-6-4-3-5-7-14)21-20(29-16)22-18(27)13-8-9-13/h3-7,13,26H,2,8-12H2,1H3,(H,21,22,27). The quantitative estimate of drug-likeness (QED) is 0.591. The second kappa shape index (κ2) is 8.30. The minimum Gasteiger partial charge on any atom is -0.395 e. The summed E-state index contributed by atoms with van der Waals surface area (Å²) >= 11 is 1.26. The molecule has 29 heavy (non-hydrogen) atoms. The van der Waals surface area contributed by atoms with E-state index in [1.807, 2.05) is 37.3 Å². The molecule has 3 aromatic rings. The van der Waals surface area contributed by atoms with E-state index >= 15 is 0 Å². The summed E-state index contributed by atoms with van der Waals surface area (Å²) in [6, 6.07) is 9.46. The molecular weight excluding hydrogens is 390 g/mol. The van der Waals surface area contributed by atoms with Gasteiger partial charge in [0.05, 0.1) is 12.3 Å². The number of hydrogen-bond donors (Lipinski definition) is 2. The Labute approximate surface area is 172 Å². The van der Waals surface area contributed by atoms with Gasteiger partial charge >= 0.3 is 0 Å². The first kappa shape index (κ1) is 19.5. The van der Waals surface area contributed by atoms with Gasteiger partial charge in [-0.1, -0.05) is 36.5 Å². The lowest BCUT2D eigenvalue weighted by molar-refractivity contribution is -0.117. The fourth-order valence-corrected chi connectivity index (χ4v) is 4.08. The third-order valence-corrected chi connectivity index (χ3v) is 5.72. The summed E-state index contributed by atoms with van der Waals surface area (Å²) in [7, 11) is 0. The van der Waals surface area contributed by atoms with E-state index in [0.29, 0.717) is 22.0 Å². The summed E-state index contributed by atoms with van der Waals surface area (Å²) in [5, 5.41) is 17.2. The molecule has 1 aromatic carbocycles. The number of anilines is 1. The van der Waals surface area contributed by atoms with Gasteiger partial charge in [-0.05, 0) is 31.4 Å². The molecule has 1 aliphatic rings. The van der Waals surface area contributed by atoms with Crippen LogP contribution in [0.5, 0.6) is 0 Å². The van der Waals surface area contributed by atoms with Crippen molar-refractivity contribution in [2.45, 2.75) is 26.2 Å². The maximum atomic E-state index is 13.2. The first-order valence-corrected chi connectivity index (χ1v) is 10.6. The molecule has 0 unspecified atom stereocenters. The first-order chi connectivity index (χ1) is 14.1. The SMILES string of the molecule is CCCN(CCO)C(=O)c1nn(-c2ccccc2)c2nc(NC(=O)C3CC3)sc12. The molecule has 1 fully saturated rings. The molecule has 0 aliphatic heterocycles. The lowest BCUT2D eigenvalue weighted by Crippen LogP contribution is -2.34. The van der Waals surface area contributed by atoms with Crippen LogP contribution in [0.25, 0.3) is 16.0 Å². The van der Waals surface area contributed by atoms with Crippen molar-refractivity contribution in [3.05, 3.63) is 36.0 Å². The molecule has 0 saturated heterocycles. The van der Waals surface area contributed by atoms with E-state index in [0.717, 1.165) is 24.9 Å². The summed E-state index contributed by atoms with van der Waals surface area (Å²) < 4.78 is 2.26. The number of aromatic nitrogens is 3. The molecule has 2 aromatic heterocycles. The highest BCUT2D eigenvalue weighted by Crippen LogP contribution is 2.34. The van der Waals surface area contributed by atoms with Crippen LogP contribution >= 0.6 is 11.3 Å². The third kappa shape index (κ3) is 4.01. The number of thiazole rings is 1. The van der Waals surface area contributed by atoms with Crippen LogP contribution < -0.4 is 5.32 Å². The molecule has 2 heterocycles. The van der Waals surface area contributed by atoms with Crippen molar-refractivity contribution in [2.75, 3.05) is 25.0 Å². The number of fused-ring (bicyclic) bond motifs is 1. The monoisotopic (exact) mass is 413 g/mol. The highest BCUT2D eigenvalue weighted by Gasteiger charge is 2.31. The van der Waals surface area contributed by atoms with Crippen molar-refractivity contribution >= 4 is 38.6 Å². The topological polar surface area (TPSA) is 100 Å². The second-order valence-corrected chi connectivity index (χ2v) is 8.05. The van der Waals surface area contributed by atoms with E-state index in [1.54, 1.807) is 9.58 Å². The number of nitrogens with zero attached hydrogens (tertiary/aromatic N) is 4. The number of carbonyl (C=O) groups excluding carboxylic acids is 2. The van der Waals surface area contributed by atoms with Gasteiger partial charge in [-0.2, -0.15) is 10.1 Å². The predicted octanol–water partition coefficient (Wildman–Crippen LogP) is 2.68. The van der Waals surface area contributed by atoms with Gasteiger partial charge in [0, 0.05) is 19.0 Å². The van der Waals surface area contributed by atoms with Crippen LogP contribution in [0.15, 0.2) is 30.3 Å². The lowest BCUT2D eigenvalue weighted by atomic mass is 10.3. The summed E-state index contributed by atoms with van der Waals surface area (Å²) in [6.45, 7) is 2.65. The van der Waals surface area contributed by atoms with E-state index in [-0.39, 0.29) is 36.6 Å². The average Bonchev–Trinajstić information content (AvgIpc) is 3.42. The van der Waals surface area contributed by atoms with Crippen LogP contribution in [0.3, 0.4) is 0 Å². The van der Waals surface area contributed by atoms with Crippen LogP contribution in [-0.2, 0) is 4.79 Å². The molecule has 0 bridgehead atoms. The molecular formula is C20H23N5O3S. The van der Waals surface area contributed by atoms with Crippen molar-refractivity contribution in [1.82, 2.24) is 19.7 Å². The van der Waals surface area contributed by atoms with Crippen LogP contribution in [-0.4, -0.2) is 56.3 Å². The number of aliphatic hydroxyl groups excluding tert-OH is 1. The number of amides is 2. The zero-order chi connectivity index (χ0) is 20.4. The Morgan fingerprint density at radius 3 is 2.69 bits per heavy atom. The Balaban J connectivity index is 1.77. The number of para-hydroxylation sites is 1. The van der Waals surface area contributed by atoms with Crippen molar-refractivity contribution in [3.63, 3.8) is 0 Å². The Bertz CT molecular complexity index is 1020. The maximum Gasteiger partial charge on any atom is 0.276 e. The van der Waals surface area contributed by atoms with Gasteiger partial charge in [0.15, 0.2) is 16.5 Å². The third-order valence-electron chi connectivity index (χ3n) is 4.76. The number of benzene rings is 1. The van der Waals surface area contributed by atoms with Gasteiger partial charge in [-0.15, -0.1) is 0 Å². The first-order valence-electron chi connectivity index (χ1n) is 9.78. The zero-order valence-electron chi connectivity index (χ0n) is 16.2. The second-order valence-electron chi connectivity index (χ2n) is 7.05. The van der Waals surface area contributed by atoms with Crippen molar-refractivity contribution in [1.29, 1.82) is 0 Å². The minimum absolute atomic E-state index is 0.0265. The number of carbonyl (C=O) groups is 2. The van der Waals surface area contributed by atoms with Crippen molar-refractivity contribution < 1.29 is 14.7 Å². The predicted molar refractivity (Wildman–Crippen MR) is 111 cm³/mol. The lowest BCUT2D eigenvalue weighted by Gasteiger charge is -2.19. The van der Waals surface area contributed by atoms with Crippen LogP contribution in [0.4, 0.5) is 5.13 Å². The van der Waals surface area contributed by atoms with Crippen molar-refractivity contribution in [2.24, 2.45) is 5.92 Å². The van der Waals surface area contributed by atoms with Gasteiger partial charge in [0.25, 0.3) is 5.91 Å². The van der Waals surface area contributed by atoms with Crippen LogP contribution in [0, 0.1) is 5.92 Å². The largest absolute Gasteiger partial charge is 0.395 e. The average molecular weight is 414 g/mol. The normalized spacial score (nSPS) is 13.6. The van der Waals surface area contributed by atoms with E-state index in [9.17, 15) is 14.7 Å². The number of nitrogens with one attached hydrogen (secondary N) is 1. The Hall–Kier alpha value is -2.78. The fourth-order valence-electron chi connectivity index (χ4n) is 3.15. The smallest absolute Gasteiger partial charge is 0.276 e. The van der Waals surface area contributed by atoms with Gasteiger partial charge in [-0.25, -0.2) is 4.68 Å². The summed E-state index contributed by atoms with van der Waals surface area (Å²) in [4.78, 5) is 31.5. The zero-order valence-corrected chi connectivity index (χ0v) is 17.0. The van der Waals surface area contributed by atoms with Gasteiger partial charge in [-0.3, -0.25) is 9.59 Å². The molecule has 0 spiro atoms. The molecule has 0 radical (unpaired) electrons. The van der Waals surface area contributed by atoms with Crippen LogP contribution in [0.2, 0.25) is 0 Å². The Kier molecular flexibility index (Phi) is 5.59. The van der Waals surface area contributed by atoms with Crippen LogP contribution in [0.1, 0.15) is 36.7 Å². The Morgan fingerprint density at radius 1 is 1.28 bits per heavy atom. The van der Waals surface area contributed by atoms with Gasteiger partial charge < -0.3 is 15.3 Å². The highest BCUT2D eigenvalue weighted by molar-refractivity contribution is 7.22. The Morgan fingerprint density at radius 2 is 2.03 bits per heavy atom. The molecule has 4 rings (SSSR count). The molecule has 0 atom stereocenters. The fraction of sp³-hybridized carbons (Fsp3) is 0.400. The molecule has 152 valence electrons. The van der Waals surface area contributed by atoms with E-state index in [2.05, 4.69) is 15.4 Å². The molecule has 2 amide bonds. The molecule has 8 nitrogen and oxygen atoms in total. The van der Waals surface area contributed by atoms with E-state index in [1.165, 1.54) is 11.3 Å². The highest BCUT2D eigenvalue weighted by atomic mass is 32.1.